The van der Waals surface area contributed by atoms with E-state index in [1.165, 1.54) is 0 Å². The lowest BCUT2D eigenvalue weighted by molar-refractivity contribution is -0.120. The van der Waals surface area contributed by atoms with Crippen LogP contribution in [0.15, 0.2) is 18.2 Å². The number of likely N-dealkylation sites (tertiary alicyclic amines) is 1. The van der Waals surface area contributed by atoms with Gasteiger partial charge in [0.15, 0.2) is 0 Å². The summed E-state index contributed by atoms with van der Waals surface area (Å²) in [4.78, 5) is 17.0. The van der Waals surface area contributed by atoms with E-state index in [1.54, 1.807) is 18.2 Å². The largest absolute Gasteiger partial charge is 0.374 e. The van der Waals surface area contributed by atoms with E-state index in [1.807, 2.05) is 13.0 Å². The first-order valence-corrected chi connectivity index (χ1v) is 8.44. The highest BCUT2D eigenvalue weighted by atomic mass is 35.5. The predicted octanol–water partition coefficient (Wildman–Crippen LogP) is 1.55. The van der Waals surface area contributed by atoms with Crippen LogP contribution in [-0.2, 0) is 9.53 Å². The SMILES string of the molecule is CC(C(=O)Nc1ccc(C#N)c(Cl)c1)N1CC2OCCN(C)C2C1. The summed E-state index contributed by atoms with van der Waals surface area (Å²) in [6.07, 6.45) is 0.170. The lowest BCUT2D eigenvalue weighted by Gasteiger charge is -2.33. The molecular weight excluding hydrogens is 328 g/mol. The smallest absolute Gasteiger partial charge is 0.241 e. The van der Waals surface area contributed by atoms with Crippen molar-refractivity contribution in [1.29, 1.82) is 5.26 Å². The fourth-order valence-electron chi connectivity index (χ4n) is 3.30. The Kier molecular flexibility index (Phi) is 5.07. The van der Waals surface area contributed by atoms with E-state index in [0.717, 1.165) is 26.2 Å². The summed E-state index contributed by atoms with van der Waals surface area (Å²) in [5, 5.41) is 12.1. The second-order valence-corrected chi connectivity index (χ2v) is 6.79. The number of anilines is 1. The number of nitrogens with one attached hydrogen (secondary N) is 1. The van der Waals surface area contributed by atoms with Crippen molar-refractivity contribution in [1.82, 2.24) is 9.80 Å². The quantitative estimate of drug-likeness (QED) is 0.897. The van der Waals surface area contributed by atoms with Gasteiger partial charge in [0.2, 0.25) is 5.91 Å². The molecule has 24 heavy (non-hydrogen) atoms. The molecule has 128 valence electrons. The van der Waals surface area contributed by atoms with Crippen LogP contribution in [0, 0.1) is 11.3 Å². The molecule has 0 saturated carbocycles. The van der Waals surface area contributed by atoms with Crippen LogP contribution in [-0.4, -0.2) is 67.2 Å². The maximum Gasteiger partial charge on any atom is 0.241 e. The van der Waals surface area contributed by atoms with Crippen molar-refractivity contribution in [2.45, 2.75) is 25.1 Å². The number of nitriles is 1. The number of fused-ring (bicyclic) bond motifs is 1. The van der Waals surface area contributed by atoms with E-state index in [9.17, 15) is 4.79 Å². The van der Waals surface area contributed by atoms with Crippen LogP contribution in [0.1, 0.15) is 12.5 Å². The Bertz CT molecular complexity index is 675. The fourth-order valence-corrected chi connectivity index (χ4v) is 3.52. The van der Waals surface area contributed by atoms with Crippen LogP contribution >= 0.6 is 11.6 Å². The number of morpholine rings is 1. The molecule has 2 fully saturated rings. The average Bonchev–Trinajstić information content (AvgIpc) is 3.00. The van der Waals surface area contributed by atoms with Crippen LogP contribution in [0.4, 0.5) is 5.69 Å². The van der Waals surface area contributed by atoms with Gasteiger partial charge < -0.3 is 10.1 Å². The first-order valence-electron chi connectivity index (χ1n) is 8.06. The van der Waals surface area contributed by atoms with Gasteiger partial charge in [-0.3, -0.25) is 14.6 Å². The summed E-state index contributed by atoms with van der Waals surface area (Å²) >= 11 is 6.01. The van der Waals surface area contributed by atoms with Gasteiger partial charge in [0.05, 0.1) is 29.3 Å². The first-order chi connectivity index (χ1) is 11.5. The molecule has 1 amide bonds. The number of amides is 1. The van der Waals surface area contributed by atoms with Crippen molar-refractivity contribution in [2.75, 3.05) is 38.6 Å². The molecule has 2 aliphatic rings. The summed E-state index contributed by atoms with van der Waals surface area (Å²) in [7, 11) is 2.10. The van der Waals surface area contributed by atoms with Crippen molar-refractivity contribution in [3.8, 4) is 6.07 Å². The normalized spacial score (nSPS) is 25.8. The highest BCUT2D eigenvalue weighted by molar-refractivity contribution is 6.32. The zero-order valence-electron chi connectivity index (χ0n) is 13.8. The number of hydrogen-bond acceptors (Lipinski definition) is 5. The van der Waals surface area contributed by atoms with Crippen molar-refractivity contribution in [3.63, 3.8) is 0 Å². The van der Waals surface area contributed by atoms with E-state index in [-0.39, 0.29) is 18.1 Å². The molecule has 6 nitrogen and oxygen atoms in total. The van der Waals surface area contributed by atoms with Crippen molar-refractivity contribution in [3.05, 3.63) is 28.8 Å². The van der Waals surface area contributed by atoms with E-state index >= 15 is 0 Å². The molecule has 1 aromatic rings. The molecule has 0 radical (unpaired) electrons. The Labute approximate surface area is 146 Å². The lowest BCUT2D eigenvalue weighted by atomic mass is 10.1. The molecule has 0 aromatic heterocycles. The maximum absolute atomic E-state index is 12.5. The fraction of sp³-hybridized carbons (Fsp3) is 0.529. The van der Waals surface area contributed by atoms with Gasteiger partial charge in [-0.2, -0.15) is 5.26 Å². The number of nitrogens with zero attached hydrogens (tertiary/aromatic N) is 3. The Morgan fingerprint density at radius 3 is 2.96 bits per heavy atom. The number of halogens is 1. The minimum absolute atomic E-state index is 0.0860. The van der Waals surface area contributed by atoms with Gasteiger partial charge in [0.1, 0.15) is 6.07 Å². The number of hydrogen-bond donors (Lipinski definition) is 1. The second-order valence-electron chi connectivity index (χ2n) is 6.38. The Morgan fingerprint density at radius 1 is 1.50 bits per heavy atom. The Morgan fingerprint density at radius 2 is 2.29 bits per heavy atom. The number of benzene rings is 1. The molecule has 2 saturated heterocycles. The van der Waals surface area contributed by atoms with Gasteiger partial charge in [-0.15, -0.1) is 0 Å². The number of rotatable bonds is 3. The minimum Gasteiger partial charge on any atom is -0.374 e. The molecule has 0 bridgehead atoms. The third kappa shape index (κ3) is 3.40. The number of carbonyl (C=O) groups is 1. The topological polar surface area (TPSA) is 68.6 Å². The molecule has 3 rings (SSSR count). The number of ether oxygens (including phenoxy) is 1. The lowest BCUT2D eigenvalue weighted by Crippen LogP contribution is -2.48. The van der Waals surface area contributed by atoms with Crippen LogP contribution in [0.3, 0.4) is 0 Å². The van der Waals surface area contributed by atoms with Crippen molar-refractivity contribution < 1.29 is 9.53 Å². The Balaban J connectivity index is 1.63. The maximum atomic E-state index is 12.5. The zero-order valence-corrected chi connectivity index (χ0v) is 14.6. The molecule has 1 aromatic carbocycles. The highest BCUT2D eigenvalue weighted by Crippen LogP contribution is 2.24. The minimum atomic E-state index is -0.262. The molecule has 3 unspecified atom stereocenters. The van der Waals surface area contributed by atoms with Crippen LogP contribution in [0.25, 0.3) is 0 Å². The van der Waals surface area contributed by atoms with E-state index in [2.05, 4.69) is 22.2 Å². The molecule has 7 heteroatoms. The van der Waals surface area contributed by atoms with E-state index in [0.29, 0.717) is 22.3 Å². The number of likely N-dealkylation sites (N-methyl/N-ethyl adjacent to an activating group) is 1. The van der Waals surface area contributed by atoms with Gasteiger partial charge >= 0.3 is 0 Å². The van der Waals surface area contributed by atoms with Gasteiger partial charge in [0, 0.05) is 31.4 Å². The summed E-state index contributed by atoms with van der Waals surface area (Å²) in [5.41, 5.74) is 0.993. The molecule has 0 aliphatic carbocycles. The zero-order chi connectivity index (χ0) is 17.3. The van der Waals surface area contributed by atoms with Crippen molar-refractivity contribution in [2.24, 2.45) is 0 Å². The standard InChI is InChI=1S/C17H21ClN4O2/c1-11(22-9-15-16(10-22)24-6-5-21(15)2)17(23)20-13-4-3-12(8-19)14(18)7-13/h3-4,7,11,15-16H,5-6,9-10H2,1-2H3,(H,20,23). The van der Waals surface area contributed by atoms with Gasteiger partial charge in [-0.05, 0) is 32.2 Å². The number of carbonyl (C=O) groups excluding carboxylic acids is 1. The van der Waals surface area contributed by atoms with E-state index in [4.69, 9.17) is 21.6 Å². The molecule has 2 heterocycles. The monoisotopic (exact) mass is 348 g/mol. The summed E-state index contributed by atoms with van der Waals surface area (Å²) in [5.74, 6) is -0.0860. The van der Waals surface area contributed by atoms with Crippen LogP contribution in [0.5, 0.6) is 0 Å². The van der Waals surface area contributed by atoms with Gasteiger partial charge in [0.25, 0.3) is 0 Å². The third-order valence-corrected chi connectivity index (χ3v) is 5.20. The molecular formula is C17H21ClN4O2. The third-order valence-electron chi connectivity index (χ3n) is 4.89. The van der Waals surface area contributed by atoms with E-state index < -0.39 is 0 Å². The predicted molar refractivity (Wildman–Crippen MR) is 92.0 cm³/mol. The summed E-state index contributed by atoms with van der Waals surface area (Å²) < 4.78 is 5.83. The molecule has 2 aliphatic heterocycles. The molecule has 1 N–H and O–H groups in total. The van der Waals surface area contributed by atoms with Gasteiger partial charge in [-0.25, -0.2) is 0 Å². The average molecular weight is 349 g/mol. The van der Waals surface area contributed by atoms with Crippen LogP contribution < -0.4 is 5.32 Å². The molecule has 3 atom stereocenters. The second kappa shape index (κ2) is 7.08. The van der Waals surface area contributed by atoms with Crippen molar-refractivity contribution >= 4 is 23.2 Å². The summed E-state index contributed by atoms with van der Waals surface area (Å²) in [6.45, 7) is 5.16. The van der Waals surface area contributed by atoms with Gasteiger partial charge in [-0.1, -0.05) is 11.6 Å². The van der Waals surface area contributed by atoms with Crippen LogP contribution in [0.2, 0.25) is 5.02 Å². The first kappa shape index (κ1) is 17.2. The highest BCUT2D eigenvalue weighted by Gasteiger charge is 2.41. The molecule has 0 spiro atoms. The summed E-state index contributed by atoms with van der Waals surface area (Å²) in [6, 6.07) is 6.99. The Hall–Kier alpha value is -1.65.